The lowest BCUT2D eigenvalue weighted by atomic mass is 10.1. The van der Waals surface area contributed by atoms with Crippen LogP contribution in [0.5, 0.6) is 11.5 Å². The summed E-state index contributed by atoms with van der Waals surface area (Å²) in [7, 11) is 1.69. The molecule has 5 nitrogen and oxygen atoms in total. The SMILES string of the molecule is CNC1OC1Nc1cc(C(F)(F)F)c(O)cc1OCCCCC(C)C. The maximum absolute atomic E-state index is 13.0. The zero-order valence-electron chi connectivity index (χ0n) is 14.6. The fourth-order valence-corrected chi connectivity index (χ4v) is 2.46. The summed E-state index contributed by atoms with van der Waals surface area (Å²) in [5.74, 6) is -0.0738. The molecule has 2 rings (SSSR count). The molecule has 1 aliphatic rings. The van der Waals surface area contributed by atoms with Crippen LogP contribution in [-0.2, 0) is 10.9 Å². The maximum Gasteiger partial charge on any atom is 0.420 e. The molecule has 0 amide bonds. The quantitative estimate of drug-likeness (QED) is 0.353. The third-order valence-corrected chi connectivity index (χ3v) is 3.91. The molecule has 1 aliphatic heterocycles. The second kappa shape index (κ2) is 8.14. The van der Waals surface area contributed by atoms with Gasteiger partial charge in [-0.2, -0.15) is 13.2 Å². The van der Waals surface area contributed by atoms with Crippen molar-refractivity contribution < 1.29 is 27.8 Å². The second-order valence-electron chi connectivity index (χ2n) is 6.51. The topological polar surface area (TPSA) is 66.0 Å². The molecule has 0 spiro atoms. The summed E-state index contributed by atoms with van der Waals surface area (Å²) in [6.45, 7) is 4.63. The number of likely N-dealkylation sites (N-methyl/N-ethyl adjacent to an activating group) is 1. The van der Waals surface area contributed by atoms with E-state index in [0.717, 1.165) is 31.4 Å². The van der Waals surface area contributed by atoms with E-state index >= 15 is 0 Å². The standard InChI is InChI=1S/C17H25F3N2O3/c1-10(2)6-4-5-7-24-14-9-13(23)11(17(18,19)20)8-12(14)22-16-15(21-3)25-16/h8-10,15-16,21-23H,4-7H2,1-3H3. The van der Waals surface area contributed by atoms with E-state index in [1.54, 1.807) is 7.05 Å². The van der Waals surface area contributed by atoms with Crippen molar-refractivity contribution in [3.05, 3.63) is 17.7 Å². The fourth-order valence-electron chi connectivity index (χ4n) is 2.46. The molecular formula is C17H25F3N2O3. The van der Waals surface area contributed by atoms with Crippen LogP contribution in [0.1, 0.15) is 38.7 Å². The minimum absolute atomic E-state index is 0.150. The molecule has 2 unspecified atom stereocenters. The third-order valence-electron chi connectivity index (χ3n) is 3.91. The van der Waals surface area contributed by atoms with Gasteiger partial charge in [-0.15, -0.1) is 0 Å². The van der Waals surface area contributed by atoms with Crippen LogP contribution >= 0.6 is 0 Å². The first-order valence-corrected chi connectivity index (χ1v) is 8.38. The largest absolute Gasteiger partial charge is 0.507 e. The van der Waals surface area contributed by atoms with E-state index < -0.39 is 23.7 Å². The van der Waals surface area contributed by atoms with Crippen molar-refractivity contribution >= 4 is 5.69 Å². The van der Waals surface area contributed by atoms with Crippen molar-refractivity contribution in [3.8, 4) is 11.5 Å². The Labute approximate surface area is 145 Å². The smallest absolute Gasteiger partial charge is 0.420 e. The van der Waals surface area contributed by atoms with Crippen LogP contribution < -0.4 is 15.4 Å². The molecule has 1 aromatic carbocycles. The Morgan fingerprint density at radius 1 is 1.24 bits per heavy atom. The van der Waals surface area contributed by atoms with Crippen molar-refractivity contribution in [2.75, 3.05) is 19.0 Å². The van der Waals surface area contributed by atoms with Gasteiger partial charge in [0.05, 0.1) is 17.9 Å². The number of anilines is 1. The average Bonchev–Trinajstić information content (AvgIpc) is 3.26. The number of halogens is 3. The Kier molecular flexibility index (Phi) is 6.40. The van der Waals surface area contributed by atoms with Crippen LogP contribution in [0.15, 0.2) is 12.1 Å². The first-order chi connectivity index (χ1) is 11.7. The number of phenolic OH excluding ortho intramolecular Hbond substituents is 1. The summed E-state index contributed by atoms with van der Waals surface area (Å²) < 4.78 is 49.9. The van der Waals surface area contributed by atoms with Gasteiger partial charge >= 0.3 is 6.18 Å². The number of unbranched alkanes of at least 4 members (excludes halogenated alkanes) is 1. The first kappa shape index (κ1) is 19.7. The summed E-state index contributed by atoms with van der Waals surface area (Å²) in [6.07, 6.45) is -2.52. The number of phenols is 1. The zero-order chi connectivity index (χ0) is 18.6. The van der Waals surface area contributed by atoms with E-state index in [1.807, 2.05) is 0 Å². The van der Waals surface area contributed by atoms with E-state index in [2.05, 4.69) is 24.5 Å². The van der Waals surface area contributed by atoms with Gasteiger partial charge in [-0.05, 0) is 31.9 Å². The lowest BCUT2D eigenvalue weighted by Gasteiger charge is -2.17. The highest BCUT2D eigenvalue weighted by atomic mass is 19.4. The molecule has 1 heterocycles. The fraction of sp³-hybridized carbons (Fsp3) is 0.647. The molecule has 1 fully saturated rings. The van der Waals surface area contributed by atoms with Crippen molar-refractivity contribution in [2.24, 2.45) is 5.92 Å². The number of benzene rings is 1. The molecule has 3 N–H and O–H groups in total. The first-order valence-electron chi connectivity index (χ1n) is 8.38. The van der Waals surface area contributed by atoms with E-state index in [0.29, 0.717) is 12.5 Å². The highest BCUT2D eigenvalue weighted by Gasteiger charge is 2.40. The Balaban J connectivity index is 2.08. The minimum Gasteiger partial charge on any atom is -0.507 e. The van der Waals surface area contributed by atoms with Gasteiger partial charge in [0.2, 0.25) is 0 Å². The molecule has 142 valence electrons. The van der Waals surface area contributed by atoms with Crippen LogP contribution in [-0.4, -0.2) is 31.2 Å². The van der Waals surface area contributed by atoms with E-state index in [-0.39, 0.29) is 17.7 Å². The van der Waals surface area contributed by atoms with Crippen LogP contribution in [0.4, 0.5) is 18.9 Å². The highest BCUT2D eigenvalue weighted by Crippen LogP contribution is 2.42. The van der Waals surface area contributed by atoms with E-state index in [4.69, 9.17) is 9.47 Å². The number of rotatable bonds is 9. The van der Waals surface area contributed by atoms with Gasteiger partial charge in [-0.25, -0.2) is 0 Å². The van der Waals surface area contributed by atoms with Crippen molar-refractivity contribution in [1.29, 1.82) is 0 Å². The van der Waals surface area contributed by atoms with E-state index in [1.165, 1.54) is 0 Å². The number of ether oxygens (including phenoxy) is 2. The molecule has 0 aromatic heterocycles. The monoisotopic (exact) mass is 362 g/mol. The number of aromatic hydroxyl groups is 1. The van der Waals surface area contributed by atoms with Crippen LogP contribution in [0.2, 0.25) is 0 Å². The molecule has 2 atom stereocenters. The minimum atomic E-state index is -4.65. The Morgan fingerprint density at radius 3 is 2.52 bits per heavy atom. The maximum atomic E-state index is 13.0. The lowest BCUT2D eigenvalue weighted by molar-refractivity contribution is -0.138. The number of nitrogens with one attached hydrogen (secondary N) is 2. The van der Waals surface area contributed by atoms with Crippen molar-refractivity contribution in [1.82, 2.24) is 5.32 Å². The third kappa shape index (κ3) is 5.67. The molecule has 1 aromatic rings. The molecule has 0 bridgehead atoms. The molecule has 0 aliphatic carbocycles. The molecular weight excluding hydrogens is 337 g/mol. The Bertz CT molecular complexity index is 579. The number of hydrogen-bond donors (Lipinski definition) is 3. The zero-order valence-corrected chi connectivity index (χ0v) is 14.6. The van der Waals surface area contributed by atoms with Gasteiger partial charge in [0, 0.05) is 6.07 Å². The summed E-state index contributed by atoms with van der Waals surface area (Å²) in [5, 5.41) is 15.4. The lowest BCUT2D eigenvalue weighted by Crippen LogP contribution is -2.18. The van der Waals surface area contributed by atoms with Gasteiger partial charge in [0.1, 0.15) is 11.5 Å². The predicted molar refractivity (Wildman–Crippen MR) is 88.6 cm³/mol. The summed E-state index contributed by atoms with van der Waals surface area (Å²) >= 11 is 0. The van der Waals surface area contributed by atoms with Crippen LogP contribution in [0, 0.1) is 5.92 Å². The summed E-state index contributed by atoms with van der Waals surface area (Å²) in [4.78, 5) is 0. The summed E-state index contributed by atoms with van der Waals surface area (Å²) in [5.41, 5.74) is -0.958. The normalized spacial score (nSPS) is 20.0. The Hall–Kier alpha value is -1.67. The van der Waals surface area contributed by atoms with Gasteiger partial charge in [0.15, 0.2) is 12.5 Å². The van der Waals surface area contributed by atoms with Crippen LogP contribution in [0.3, 0.4) is 0 Å². The Morgan fingerprint density at radius 2 is 1.96 bits per heavy atom. The van der Waals surface area contributed by atoms with E-state index in [9.17, 15) is 18.3 Å². The van der Waals surface area contributed by atoms with Gasteiger partial charge in [-0.1, -0.05) is 20.3 Å². The molecule has 1 saturated heterocycles. The van der Waals surface area contributed by atoms with Gasteiger partial charge < -0.3 is 19.9 Å². The number of hydrogen-bond acceptors (Lipinski definition) is 5. The van der Waals surface area contributed by atoms with Gasteiger partial charge in [0.25, 0.3) is 0 Å². The average molecular weight is 362 g/mol. The molecule has 25 heavy (non-hydrogen) atoms. The highest BCUT2D eigenvalue weighted by molar-refractivity contribution is 5.63. The van der Waals surface area contributed by atoms with Crippen molar-refractivity contribution in [3.63, 3.8) is 0 Å². The number of epoxide rings is 1. The molecule has 0 radical (unpaired) electrons. The van der Waals surface area contributed by atoms with Gasteiger partial charge in [-0.3, -0.25) is 5.32 Å². The molecule has 0 saturated carbocycles. The predicted octanol–water partition coefficient (Wildman–Crippen LogP) is 3.93. The van der Waals surface area contributed by atoms with Crippen LogP contribution in [0.25, 0.3) is 0 Å². The second-order valence-corrected chi connectivity index (χ2v) is 6.51. The molecule has 8 heteroatoms. The van der Waals surface area contributed by atoms with Crippen molar-refractivity contribution in [2.45, 2.75) is 51.7 Å². The summed E-state index contributed by atoms with van der Waals surface area (Å²) in [6, 6.07) is 1.86. The number of alkyl halides is 3.